The molecule has 154 valence electrons. The van der Waals surface area contributed by atoms with Crippen molar-refractivity contribution in [3.63, 3.8) is 0 Å². The number of aryl methyl sites for hydroxylation is 2. The minimum absolute atomic E-state index is 0.114. The number of nitrogens with zero attached hydrogens (tertiary/aromatic N) is 1. The van der Waals surface area contributed by atoms with Crippen LogP contribution in [0.5, 0.6) is 0 Å². The lowest BCUT2D eigenvalue weighted by atomic mass is 9.94. The lowest BCUT2D eigenvalue weighted by Crippen LogP contribution is -2.40. The highest BCUT2D eigenvalue weighted by Crippen LogP contribution is 2.26. The number of H-pyrrole nitrogens is 1. The maximum absolute atomic E-state index is 12.8. The van der Waals surface area contributed by atoms with Crippen LogP contribution >= 0.6 is 0 Å². The van der Waals surface area contributed by atoms with Crippen molar-refractivity contribution in [1.82, 2.24) is 15.5 Å². The van der Waals surface area contributed by atoms with Crippen molar-refractivity contribution in [1.29, 1.82) is 0 Å². The Kier molecular flexibility index (Phi) is 4.69. The van der Waals surface area contributed by atoms with Crippen molar-refractivity contribution in [2.24, 2.45) is 0 Å². The predicted octanol–water partition coefficient (Wildman–Crippen LogP) is 4.28. The second kappa shape index (κ2) is 7.22. The average Bonchev–Trinajstić information content (AvgIpc) is 3.38. The number of benzene rings is 1. The molecule has 0 spiro atoms. The zero-order valence-corrected chi connectivity index (χ0v) is 17.1. The highest BCUT2D eigenvalue weighted by molar-refractivity contribution is 6.06. The molecule has 0 aliphatic rings. The normalized spacial score (nSPS) is 11.6. The van der Waals surface area contributed by atoms with Gasteiger partial charge in [0.05, 0.1) is 5.54 Å². The van der Waals surface area contributed by atoms with E-state index in [0.717, 1.165) is 11.1 Å². The molecule has 8 heteroatoms. The van der Waals surface area contributed by atoms with Crippen LogP contribution in [0.2, 0.25) is 0 Å². The highest BCUT2D eigenvalue weighted by atomic mass is 16.4. The SMILES string of the molecule is Cc1cc(C(=O)Nc2n[nH]c3cc(C(=O)NC(C)(C)c4ccccc4)oc23)oc1C. The number of fused-ring (bicyclic) bond motifs is 1. The van der Waals surface area contributed by atoms with Crippen LogP contribution in [0, 0.1) is 13.8 Å². The van der Waals surface area contributed by atoms with Crippen molar-refractivity contribution in [3.05, 3.63) is 70.9 Å². The molecule has 0 fully saturated rings. The minimum Gasteiger partial charge on any atom is -0.456 e. The third-order valence-corrected chi connectivity index (χ3v) is 5.00. The molecule has 3 aromatic heterocycles. The number of nitrogens with one attached hydrogen (secondary N) is 3. The molecule has 4 aromatic rings. The summed E-state index contributed by atoms with van der Waals surface area (Å²) < 4.78 is 11.1. The van der Waals surface area contributed by atoms with Gasteiger partial charge in [-0.15, -0.1) is 0 Å². The molecular formula is C22H22N4O4. The van der Waals surface area contributed by atoms with Gasteiger partial charge in [0.15, 0.2) is 22.9 Å². The number of hydrogen-bond acceptors (Lipinski definition) is 5. The van der Waals surface area contributed by atoms with Crippen LogP contribution in [-0.2, 0) is 5.54 Å². The third kappa shape index (κ3) is 3.59. The molecule has 3 N–H and O–H groups in total. The Bertz CT molecular complexity index is 1210. The number of amides is 2. The Morgan fingerprint density at radius 2 is 1.70 bits per heavy atom. The fourth-order valence-electron chi connectivity index (χ4n) is 3.14. The van der Waals surface area contributed by atoms with Gasteiger partial charge >= 0.3 is 0 Å². The largest absolute Gasteiger partial charge is 0.456 e. The second-order valence-electron chi connectivity index (χ2n) is 7.67. The maximum atomic E-state index is 12.8. The van der Waals surface area contributed by atoms with Gasteiger partial charge in [0.25, 0.3) is 11.8 Å². The number of carbonyl (C=O) groups is 2. The van der Waals surface area contributed by atoms with Crippen LogP contribution < -0.4 is 10.6 Å². The summed E-state index contributed by atoms with van der Waals surface area (Å²) in [7, 11) is 0. The molecule has 0 aliphatic heterocycles. The summed E-state index contributed by atoms with van der Waals surface area (Å²) in [4.78, 5) is 25.2. The molecule has 0 atom stereocenters. The topological polar surface area (TPSA) is 113 Å². The summed E-state index contributed by atoms with van der Waals surface area (Å²) >= 11 is 0. The maximum Gasteiger partial charge on any atom is 0.292 e. The number of anilines is 1. The Morgan fingerprint density at radius 1 is 1.00 bits per heavy atom. The monoisotopic (exact) mass is 406 g/mol. The number of furan rings is 2. The van der Waals surface area contributed by atoms with Gasteiger partial charge in [0, 0.05) is 6.07 Å². The molecule has 2 amide bonds. The summed E-state index contributed by atoms with van der Waals surface area (Å²) in [5, 5.41) is 12.4. The van der Waals surface area contributed by atoms with Gasteiger partial charge in [0.2, 0.25) is 0 Å². The molecular weight excluding hydrogens is 384 g/mol. The van der Waals surface area contributed by atoms with Gasteiger partial charge in [-0.1, -0.05) is 30.3 Å². The standard InChI is InChI=1S/C22H22N4O4/c1-12-10-16(29-13(12)2)20(27)23-19-18-15(25-26-19)11-17(30-18)21(28)24-22(3,4)14-8-6-5-7-9-14/h5-11H,1-4H3,(H,24,28)(H2,23,25,26,27). The van der Waals surface area contributed by atoms with E-state index in [4.69, 9.17) is 8.83 Å². The quantitative estimate of drug-likeness (QED) is 0.458. The van der Waals surface area contributed by atoms with Crippen molar-refractivity contribution in [2.75, 3.05) is 5.32 Å². The van der Waals surface area contributed by atoms with Crippen LogP contribution in [0.4, 0.5) is 5.82 Å². The Labute approximate surface area is 172 Å². The molecule has 0 saturated heterocycles. The number of aromatic amines is 1. The van der Waals surface area contributed by atoms with Gasteiger partial charge in [-0.2, -0.15) is 5.10 Å². The summed E-state index contributed by atoms with van der Waals surface area (Å²) in [6, 6.07) is 12.9. The molecule has 4 rings (SSSR count). The van der Waals surface area contributed by atoms with Gasteiger partial charge in [0.1, 0.15) is 11.3 Å². The number of carbonyl (C=O) groups excluding carboxylic acids is 2. The molecule has 8 nitrogen and oxygen atoms in total. The lowest BCUT2D eigenvalue weighted by molar-refractivity contribution is 0.0885. The van der Waals surface area contributed by atoms with Gasteiger partial charge in [-0.05, 0) is 44.9 Å². The first-order valence-electron chi connectivity index (χ1n) is 9.49. The summed E-state index contributed by atoms with van der Waals surface area (Å²) in [6.07, 6.45) is 0. The summed E-state index contributed by atoms with van der Waals surface area (Å²) in [6.45, 7) is 7.47. The van der Waals surface area contributed by atoms with E-state index in [0.29, 0.717) is 11.3 Å². The van der Waals surface area contributed by atoms with Crippen LogP contribution in [-0.4, -0.2) is 22.0 Å². The van der Waals surface area contributed by atoms with E-state index in [1.54, 1.807) is 19.1 Å². The van der Waals surface area contributed by atoms with E-state index in [-0.39, 0.29) is 28.8 Å². The molecule has 0 bridgehead atoms. The fourth-order valence-corrected chi connectivity index (χ4v) is 3.14. The predicted molar refractivity (Wildman–Crippen MR) is 111 cm³/mol. The average molecular weight is 406 g/mol. The molecule has 0 aliphatic carbocycles. The first kappa shape index (κ1) is 19.5. The van der Waals surface area contributed by atoms with E-state index in [1.165, 1.54) is 0 Å². The molecule has 30 heavy (non-hydrogen) atoms. The minimum atomic E-state index is -0.594. The van der Waals surface area contributed by atoms with Crippen molar-refractivity contribution < 1.29 is 18.4 Å². The number of aromatic nitrogens is 2. The fraction of sp³-hybridized carbons (Fsp3) is 0.227. The first-order chi connectivity index (χ1) is 14.2. The van der Waals surface area contributed by atoms with Gasteiger partial charge < -0.3 is 14.2 Å². The van der Waals surface area contributed by atoms with Crippen LogP contribution in [0.25, 0.3) is 11.1 Å². The van der Waals surface area contributed by atoms with Crippen LogP contribution in [0.1, 0.15) is 51.8 Å². The Morgan fingerprint density at radius 3 is 2.37 bits per heavy atom. The van der Waals surface area contributed by atoms with E-state index in [9.17, 15) is 9.59 Å². The summed E-state index contributed by atoms with van der Waals surface area (Å²) in [5.41, 5.74) is 2.04. The van der Waals surface area contributed by atoms with Crippen molar-refractivity contribution in [3.8, 4) is 0 Å². The molecule has 1 aromatic carbocycles. The van der Waals surface area contributed by atoms with Crippen LogP contribution in [0.3, 0.4) is 0 Å². The number of hydrogen-bond donors (Lipinski definition) is 3. The second-order valence-corrected chi connectivity index (χ2v) is 7.67. The molecule has 0 radical (unpaired) electrons. The van der Waals surface area contributed by atoms with Crippen LogP contribution in [0.15, 0.2) is 51.3 Å². The molecule has 3 heterocycles. The van der Waals surface area contributed by atoms with E-state index >= 15 is 0 Å². The summed E-state index contributed by atoms with van der Waals surface area (Å²) in [5.74, 6) is 0.321. The molecule has 0 unspecified atom stereocenters. The smallest absolute Gasteiger partial charge is 0.292 e. The zero-order chi connectivity index (χ0) is 21.5. The van der Waals surface area contributed by atoms with Crippen molar-refractivity contribution in [2.45, 2.75) is 33.2 Å². The van der Waals surface area contributed by atoms with Gasteiger partial charge in [-0.25, -0.2) is 0 Å². The highest BCUT2D eigenvalue weighted by Gasteiger charge is 2.26. The third-order valence-electron chi connectivity index (χ3n) is 5.00. The van der Waals surface area contributed by atoms with E-state index in [1.807, 2.05) is 51.1 Å². The van der Waals surface area contributed by atoms with Gasteiger partial charge in [-0.3, -0.25) is 20.0 Å². The van der Waals surface area contributed by atoms with E-state index in [2.05, 4.69) is 20.8 Å². The Balaban J connectivity index is 1.54. The zero-order valence-electron chi connectivity index (χ0n) is 17.1. The lowest BCUT2D eigenvalue weighted by Gasteiger charge is -2.26. The Hall–Kier alpha value is -3.81. The number of rotatable bonds is 5. The molecule has 0 saturated carbocycles. The first-order valence-corrected chi connectivity index (χ1v) is 9.49. The van der Waals surface area contributed by atoms with Crippen molar-refractivity contribution >= 4 is 28.7 Å². The van der Waals surface area contributed by atoms with E-state index < -0.39 is 11.4 Å².